The van der Waals surface area contributed by atoms with E-state index in [1.807, 2.05) is 54.6 Å². The number of nitrogens with one attached hydrogen (secondary N) is 5. The number of carboxylic acid groups (broad SMARTS) is 1. The van der Waals surface area contributed by atoms with Gasteiger partial charge in [-0.3, -0.25) is 14.4 Å². The van der Waals surface area contributed by atoms with Gasteiger partial charge >= 0.3 is 5.97 Å². The van der Waals surface area contributed by atoms with Crippen LogP contribution in [0.3, 0.4) is 0 Å². The summed E-state index contributed by atoms with van der Waals surface area (Å²) in [7, 11) is 0. The van der Waals surface area contributed by atoms with Gasteiger partial charge in [-0.1, -0.05) is 48.5 Å². The van der Waals surface area contributed by atoms with Crippen LogP contribution >= 0.6 is 0 Å². The predicted molar refractivity (Wildman–Crippen MR) is 147 cm³/mol. The van der Waals surface area contributed by atoms with E-state index in [1.54, 1.807) is 6.20 Å². The normalized spacial score (nSPS) is 13.2. The van der Waals surface area contributed by atoms with Crippen LogP contribution in [-0.4, -0.2) is 68.4 Å². The van der Waals surface area contributed by atoms with E-state index < -0.39 is 48.4 Å². The summed E-state index contributed by atoms with van der Waals surface area (Å²) in [6.07, 6.45) is 4.99. The van der Waals surface area contributed by atoms with Crippen LogP contribution < -0.4 is 21.7 Å². The predicted octanol–water partition coefficient (Wildman–Crippen LogP) is 0.417. The van der Waals surface area contributed by atoms with Crippen LogP contribution in [0.1, 0.15) is 16.8 Å². The molecule has 3 unspecified atom stereocenters. The molecule has 3 amide bonds. The third kappa shape index (κ3) is 7.54. The summed E-state index contributed by atoms with van der Waals surface area (Å²) >= 11 is 0. The van der Waals surface area contributed by atoms with Gasteiger partial charge in [-0.05, 0) is 23.6 Å². The zero-order valence-corrected chi connectivity index (χ0v) is 21.6. The van der Waals surface area contributed by atoms with E-state index >= 15 is 0 Å². The van der Waals surface area contributed by atoms with E-state index in [1.165, 1.54) is 12.5 Å². The van der Waals surface area contributed by atoms with Gasteiger partial charge in [-0.2, -0.15) is 0 Å². The van der Waals surface area contributed by atoms with Crippen molar-refractivity contribution in [1.82, 2.24) is 30.9 Å². The number of H-pyrrole nitrogens is 2. The fraction of sp³-hybridized carbons (Fsp3) is 0.250. The number of rotatable bonds is 13. The first-order valence-electron chi connectivity index (χ1n) is 12.7. The first-order valence-corrected chi connectivity index (χ1v) is 12.7. The molecule has 4 rings (SSSR count). The molecule has 0 aliphatic carbocycles. The van der Waals surface area contributed by atoms with Crippen molar-refractivity contribution < 1.29 is 24.3 Å². The van der Waals surface area contributed by atoms with Crippen molar-refractivity contribution >= 4 is 34.6 Å². The Labute approximate surface area is 229 Å². The molecule has 0 radical (unpaired) electrons. The van der Waals surface area contributed by atoms with E-state index in [4.69, 9.17) is 5.73 Å². The van der Waals surface area contributed by atoms with Gasteiger partial charge in [-0.15, -0.1) is 0 Å². The quantitative estimate of drug-likeness (QED) is 0.126. The zero-order valence-electron chi connectivity index (χ0n) is 21.6. The van der Waals surface area contributed by atoms with Gasteiger partial charge in [0.05, 0.1) is 18.9 Å². The minimum Gasteiger partial charge on any atom is -0.480 e. The maximum atomic E-state index is 13.2. The van der Waals surface area contributed by atoms with E-state index in [0.717, 1.165) is 22.0 Å². The summed E-state index contributed by atoms with van der Waals surface area (Å²) in [5, 5.41) is 18.3. The molecule has 0 saturated heterocycles. The minimum atomic E-state index is -1.25. The van der Waals surface area contributed by atoms with Gasteiger partial charge in [0, 0.05) is 41.8 Å². The number of nitrogens with zero attached hydrogens (tertiary/aromatic N) is 1. The van der Waals surface area contributed by atoms with Gasteiger partial charge in [0.15, 0.2) is 0 Å². The molecule has 12 heteroatoms. The molecule has 4 aromatic rings. The van der Waals surface area contributed by atoms with Crippen molar-refractivity contribution in [3.8, 4) is 0 Å². The Morgan fingerprint density at radius 1 is 0.875 bits per heavy atom. The van der Waals surface area contributed by atoms with Crippen molar-refractivity contribution in [2.24, 2.45) is 5.73 Å². The Kier molecular flexibility index (Phi) is 9.26. The molecule has 8 N–H and O–H groups in total. The zero-order chi connectivity index (χ0) is 28.5. The van der Waals surface area contributed by atoms with Crippen molar-refractivity contribution in [2.75, 3.05) is 6.54 Å². The number of hydrogen-bond acceptors (Lipinski definition) is 6. The van der Waals surface area contributed by atoms with Gasteiger partial charge in [0.2, 0.25) is 17.7 Å². The number of para-hydroxylation sites is 1. The Morgan fingerprint density at radius 3 is 2.35 bits per heavy atom. The molecule has 0 aliphatic heterocycles. The van der Waals surface area contributed by atoms with Crippen LogP contribution in [0.15, 0.2) is 73.3 Å². The largest absolute Gasteiger partial charge is 0.480 e. The molecule has 2 aromatic carbocycles. The molecule has 0 aliphatic rings. The van der Waals surface area contributed by atoms with Crippen molar-refractivity contribution in [3.05, 3.63) is 90.1 Å². The number of carboxylic acids is 1. The average Bonchev–Trinajstić information content (AvgIpc) is 3.61. The monoisotopic (exact) mass is 545 g/mol. The summed E-state index contributed by atoms with van der Waals surface area (Å²) in [5.41, 5.74) is 8.98. The molecule has 0 bridgehead atoms. The number of imidazole rings is 1. The lowest BCUT2D eigenvalue weighted by atomic mass is 10.0. The number of fused-ring (bicyclic) bond motifs is 1. The Morgan fingerprint density at radius 2 is 1.62 bits per heavy atom. The molecule has 0 spiro atoms. The standard InChI is InChI=1S/C28H31N7O5/c29-21(10-17-6-2-1-3-7-17)26(37)32-15-25(36)34-23(12-19-14-30-16-33-19)27(38)35-24(28(39)40)11-18-13-31-22-9-5-4-8-20(18)22/h1-9,13-14,16,21,23-24,31H,10-12,15,29H2,(H,30,33)(H,32,37)(H,34,36)(H,35,38)(H,39,40). The first kappa shape index (κ1) is 28.0. The fourth-order valence-electron chi connectivity index (χ4n) is 4.32. The van der Waals surface area contributed by atoms with E-state index in [0.29, 0.717) is 12.1 Å². The summed E-state index contributed by atoms with van der Waals surface area (Å²) < 4.78 is 0. The molecule has 3 atom stereocenters. The lowest BCUT2D eigenvalue weighted by Crippen LogP contribution is -2.55. The summed E-state index contributed by atoms with van der Waals surface area (Å²) in [6.45, 7) is -0.411. The summed E-state index contributed by atoms with van der Waals surface area (Å²) in [6, 6.07) is 13.4. The van der Waals surface area contributed by atoms with Crippen LogP contribution in [0.2, 0.25) is 0 Å². The highest BCUT2D eigenvalue weighted by Crippen LogP contribution is 2.19. The molecular formula is C28H31N7O5. The van der Waals surface area contributed by atoms with E-state index in [2.05, 4.69) is 30.9 Å². The Hall–Kier alpha value is -4.97. The van der Waals surface area contributed by atoms with Gasteiger partial charge in [-0.25, -0.2) is 9.78 Å². The molecule has 2 aromatic heterocycles. The number of benzene rings is 2. The third-order valence-corrected chi connectivity index (χ3v) is 6.40. The molecule has 0 fully saturated rings. The van der Waals surface area contributed by atoms with Gasteiger partial charge in [0.1, 0.15) is 12.1 Å². The molecule has 12 nitrogen and oxygen atoms in total. The number of amides is 3. The molecule has 40 heavy (non-hydrogen) atoms. The smallest absolute Gasteiger partial charge is 0.326 e. The number of carbonyl (C=O) groups is 4. The molecular weight excluding hydrogens is 514 g/mol. The average molecular weight is 546 g/mol. The van der Waals surface area contributed by atoms with Crippen molar-refractivity contribution in [3.63, 3.8) is 0 Å². The highest BCUT2D eigenvalue weighted by molar-refractivity contribution is 5.93. The van der Waals surface area contributed by atoms with Crippen LogP contribution in [0.4, 0.5) is 0 Å². The van der Waals surface area contributed by atoms with E-state index in [-0.39, 0.29) is 12.8 Å². The second-order valence-electron chi connectivity index (χ2n) is 9.38. The van der Waals surface area contributed by atoms with Crippen molar-refractivity contribution in [2.45, 2.75) is 37.4 Å². The Bertz CT molecular complexity index is 1450. The number of aromatic amines is 2. The SMILES string of the molecule is NC(Cc1ccccc1)C(=O)NCC(=O)NC(Cc1cnc[nH]1)C(=O)NC(Cc1c[nH]c2ccccc12)C(=O)O. The van der Waals surface area contributed by atoms with Crippen LogP contribution in [0, 0.1) is 0 Å². The summed E-state index contributed by atoms with van der Waals surface area (Å²) in [4.78, 5) is 60.3. The van der Waals surface area contributed by atoms with Crippen LogP contribution in [0.5, 0.6) is 0 Å². The molecule has 208 valence electrons. The fourth-order valence-corrected chi connectivity index (χ4v) is 4.32. The maximum absolute atomic E-state index is 13.2. The molecule has 2 heterocycles. The van der Waals surface area contributed by atoms with E-state index in [9.17, 15) is 24.3 Å². The number of aliphatic carboxylic acids is 1. The van der Waals surface area contributed by atoms with Crippen molar-refractivity contribution in [1.29, 1.82) is 0 Å². The third-order valence-electron chi connectivity index (χ3n) is 6.40. The highest BCUT2D eigenvalue weighted by atomic mass is 16.4. The maximum Gasteiger partial charge on any atom is 0.326 e. The lowest BCUT2D eigenvalue weighted by molar-refractivity contribution is -0.142. The van der Waals surface area contributed by atoms with Gasteiger partial charge < -0.3 is 36.8 Å². The second-order valence-corrected chi connectivity index (χ2v) is 9.38. The number of carbonyl (C=O) groups excluding carboxylic acids is 3. The second kappa shape index (κ2) is 13.2. The summed E-state index contributed by atoms with van der Waals surface area (Å²) in [5.74, 6) is -3.06. The first-order chi connectivity index (χ1) is 19.3. The number of nitrogens with two attached hydrogens (primary N) is 1. The Balaban J connectivity index is 1.38. The number of aromatic nitrogens is 3. The molecule has 0 saturated carbocycles. The highest BCUT2D eigenvalue weighted by Gasteiger charge is 2.28. The van der Waals surface area contributed by atoms with Gasteiger partial charge in [0.25, 0.3) is 0 Å². The lowest BCUT2D eigenvalue weighted by Gasteiger charge is -2.21. The topological polar surface area (TPSA) is 195 Å². The number of hydrogen-bond donors (Lipinski definition) is 7. The van der Waals surface area contributed by atoms with Crippen LogP contribution in [-0.2, 0) is 38.4 Å². The minimum absolute atomic E-state index is 0.0263. The van der Waals surface area contributed by atoms with Crippen LogP contribution in [0.25, 0.3) is 10.9 Å².